The third-order valence-corrected chi connectivity index (χ3v) is 6.36. The molecule has 4 aliphatic rings. The van der Waals surface area contributed by atoms with Crippen LogP contribution in [0.1, 0.15) is 26.2 Å². The van der Waals surface area contributed by atoms with E-state index in [-0.39, 0.29) is 53.5 Å². The Bertz CT molecular complexity index is 789. The molecule has 5 rings (SSSR count). The van der Waals surface area contributed by atoms with Gasteiger partial charge in [-0.05, 0) is 50.2 Å². The Balaban J connectivity index is 1.26. The number of ether oxygens (including phenoxy) is 2. The van der Waals surface area contributed by atoms with Crippen molar-refractivity contribution in [3.05, 3.63) is 29.0 Å². The van der Waals surface area contributed by atoms with E-state index >= 15 is 0 Å². The van der Waals surface area contributed by atoms with Crippen molar-refractivity contribution in [1.82, 2.24) is 16.0 Å². The summed E-state index contributed by atoms with van der Waals surface area (Å²) >= 11 is 5.64. The lowest BCUT2D eigenvalue weighted by molar-refractivity contribution is -0.127. The molecule has 3 unspecified atom stereocenters. The van der Waals surface area contributed by atoms with Crippen LogP contribution in [0.4, 0.5) is 4.39 Å². The standard InChI is InChI=1S/C20H25ClFN3O4/c1-10-23-18(8-28-10)20(27)25-17-7-16(11-4-12(17)5-11)24-19(26)9-29-13-2-3-14(21)15(22)6-13/h2-3,6,10-12,16-18,23H,4-5,7-9H2,1H3,(H,24,26)(H,25,27)/t10?,11?,12?,16?,17-,18?/m1/s1. The summed E-state index contributed by atoms with van der Waals surface area (Å²) in [7, 11) is 0. The van der Waals surface area contributed by atoms with E-state index in [0.717, 1.165) is 18.9 Å². The average molecular weight is 426 g/mol. The first kappa shape index (κ1) is 20.4. The average Bonchev–Trinajstić information content (AvgIpc) is 3.08. The van der Waals surface area contributed by atoms with Gasteiger partial charge in [-0.15, -0.1) is 0 Å². The number of halogens is 2. The Labute approximate surface area is 173 Å². The molecule has 1 aromatic rings. The fourth-order valence-corrected chi connectivity index (χ4v) is 4.51. The molecule has 0 spiro atoms. The van der Waals surface area contributed by atoms with E-state index in [1.807, 2.05) is 6.92 Å². The van der Waals surface area contributed by atoms with Gasteiger partial charge in [-0.3, -0.25) is 14.9 Å². The van der Waals surface area contributed by atoms with E-state index in [9.17, 15) is 14.0 Å². The van der Waals surface area contributed by atoms with Gasteiger partial charge < -0.3 is 20.1 Å². The molecule has 1 aliphatic heterocycles. The largest absolute Gasteiger partial charge is 0.484 e. The fraction of sp³-hybridized carbons (Fsp3) is 0.600. The van der Waals surface area contributed by atoms with Crippen LogP contribution in [0.2, 0.25) is 5.02 Å². The van der Waals surface area contributed by atoms with E-state index in [0.29, 0.717) is 24.9 Å². The molecule has 158 valence electrons. The highest BCUT2D eigenvalue weighted by Crippen LogP contribution is 2.45. The predicted molar refractivity (Wildman–Crippen MR) is 104 cm³/mol. The molecule has 29 heavy (non-hydrogen) atoms. The van der Waals surface area contributed by atoms with Gasteiger partial charge in [0.15, 0.2) is 6.61 Å². The predicted octanol–water partition coefficient (Wildman–Crippen LogP) is 1.59. The summed E-state index contributed by atoms with van der Waals surface area (Å²) in [6.45, 7) is 2.04. The third kappa shape index (κ3) is 4.65. The highest BCUT2D eigenvalue weighted by Gasteiger charge is 2.47. The topological polar surface area (TPSA) is 88.7 Å². The zero-order valence-corrected chi connectivity index (χ0v) is 16.9. The van der Waals surface area contributed by atoms with Gasteiger partial charge in [0.05, 0.1) is 11.6 Å². The first-order valence-electron chi connectivity index (χ1n) is 9.94. The Morgan fingerprint density at radius 1 is 1.24 bits per heavy atom. The fourth-order valence-electron chi connectivity index (χ4n) is 4.40. The number of hydrogen-bond acceptors (Lipinski definition) is 5. The van der Waals surface area contributed by atoms with Gasteiger partial charge in [-0.25, -0.2) is 4.39 Å². The van der Waals surface area contributed by atoms with Gasteiger partial charge >= 0.3 is 0 Å². The minimum absolute atomic E-state index is 0.00457. The number of amides is 2. The molecule has 4 fully saturated rings. The van der Waals surface area contributed by atoms with E-state index in [1.54, 1.807) is 0 Å². The molecule has 1 heterocycles. The van der Waals surface area contributed by atoms with Gasteiger partial charge in [0, 0.05) is 18.2 Å². The van der Waals surface area contributed by atoms with Crippen molar-refractivity contribution >= 4 is 23.4 Å². The Morgan fingerprint density at radius 3 is 2.62 bits per heavy atom. The number of nitrogens with one attached hydrogen (secondary N) is 3. The molecule has 3 saturated carbocycles. The second kappa shape index (κ2) is 8.45. The van der Waals surface area contributed by atoms with E-state index < -0.39 is 5.82 Å². The maximum atomic E-state index is 13.5. The van der Waals surface area contributed by atoms with E-state index in [1.165, 1.54) is 12.1 Å². The number of hydrogen-bond donors (Lipinski definition) is 3. The summed E-state index contributed by atoms with van der Waals surface area (Å²) in [5, 5.41) is 9.23. The van der Waals surface area contributed by atoms with Gasteiger partial charge in [0.2, 0.25) is 5.91 Å². The molecule has 1 aromatic carbocycles. The molecular formula is C20H25ClFN3O4. The molecule has 2 amide bonds. The third-order valence-electron chi connectivity index (χ3n) is 6.06. The Kier molecular flexibility index (Phi) is 5.94. The smallest absolute Gasteiger partial charge is 0.258 e. The number of carbonyl (C=O) groups excluding carboxylic acids is 2. The normalized spacial score (nSPS) is 32.9. The highest BCUT2D eigenvalue weighted by atomic mass is 35.5. The van der Waals surface area contributed by atoms with Crippen LogP contribution in [0.15, 0.2) is 18.2 Å². The molecule has 9 heteroatoms. The Morgan fingerprint density at radius 2 is 1.97 bits per heavy atom. The van der Waals surface area contributed by atoms with Crippen molar-refractivity contribution < 1.29 is 23.5 Å². The molecule has 3 aliphatic carbocycles. The van der Waals surface area contributed by atoms with E-state index in [2.05, 4.69) is 16.0 Å². The lowest BCUT2D eigenvalue weighted by atomic mass is 9.60. The number of benzene rings is 1. The van der Waals surface area contributed by atoms with Gasteiger partial charge in [-0.1, -0.05) is 11.6 Å². The Hall–Kier alpha value is -1.90. The monoisotopic (exact) mass is 425 g/mol. The zero-order valence-electron chi connectivity index (χ0n) is 16.1. The van der Waals surface area contributed by atoms with E-state index in [4.69, 9.17) is 21.1 Å². The van der Waals surface area contributed by atoms with Crippen molar-refractivity contribution in [2.75, 3.05) is 13.2 Å². The van der Waals surface area contributed by atoms with Crippen LogP contribution < -0.4 is 20.7 Å². The zero-order chi connectivity index (χ0) is 20.5. The first-order valence-corrected chi connectivity index (χ1v) is 10.3. The molecule has 1 saturated heterocycles. The SMILES string of the molecule is CC1NC(C(=O)N[C@@H]2CC(NC(=O)COc3ccc(Cl)c(F)c3)C3CC2C3)CO1. The van der Waals surface area contributed by atoms with Crippen molar-refractivity contribution in [3.63, 3.8) is 0 Å². The van der Waals surface area contributed by atoms with Crippen LogP contribution in [0, 0.1) is 17.7 Å². The van der Waals surface area contributed by atoms with Crippen LogP contribution in [0.3, 0.4) is 0 Å². The minimum Gasteiger partial charge on any atom is -0.484 e. The summed E-state index contributed by atoms with van der Waals surface area (Å²) in [5.41, 5.74) is 0. The second-order valence-electron chi connectivity index (χ2n) is 8.08. The van der Waals surface area contributed by atoms with Crippen LogP contribution in [0.25, 0.3) is 0 Å². The second-order valence-corrected chi connectivity index (χ2v) is 8.48. The summed E-state index contributed by atoms with van der Waals surface area (Å²) in [6.07, 6.45) is 2.56. The first-order chi connectivity index (χ1) is 13.9. The summed E-state index contributed by atoms with van der Waals surface area (Å²) in [6, 6.07) is 3.77. The van der Waals surface area contributed by atoms with Gasteiger partial charge in [-0.2, -0.15) is 0 Å². The quantitative estimate of drug-likeness (QED) is 0.644. The molecule has 2 bridgehead atoms. The summed E-state index contributed by atoms with van der Waals surface area (Å²) in [4.78, 5) is 24.8. The number of carbonyl (C=O) groups is 2. The van der Waals surface area contributed by atoms with Crippen LogP contribution in [0.5, 0.6) is 5.75 Å². The van der Waals surface area contributed by atoms with Crippen LogP contribution in [-0.4, -0.2) is 49.4 Å². The maximum absolute atomic E-state index is 13.5. The lowest BCUT2D eigenvalue weighted by Crippen LogP contribution is -2.61. The number of rotatable bonds is 6. The molecular weight excluding hydrogens is 401 g/mol. The van der Waals surface area contributed by atoms with Gasteiger partial charge in [0.1, 0.15) is 23.8 Å². The minimum atomic E-state index is -0.590. The molecule has 3 N–H and O–H groups in total. The lowest BCUT2D eigenvalue weighted by Gasteiger charge is -2.51. The van der Waals surface area contributed by atoms with Gasteiger partial charge in [0.25, 0.3) is 5.91 Å². The number of fused-ring (bicyclic) bond motifs is 2. The van der Waals surface area contributed by atoms with Crippen LogP contribution in [-0.2, 0) is 14.3 Å². The highest BCUT2D eigenvalue weighted by molar-refractivity contribution is 6.30. The molecule has 7 nitrogen and oxygen atoms in total. The maximum Gasteiger partial charge on any atom is 0.258 e. The van der Waals surface area contributed by atoms with Crippen molar-refractivity contribution in [1.29, 1.82) is 0 Å². The summed E-state index contributed by atoms with van der Waals surface area (Å²) in [5.74, 6) is 0.235. The molecule has 0 aromatic heterocycles. The molecule has 0 radical (unpaired) electrons. The van der Waals surface area contributed by atoms with Crippen molar-refractivity contribution in [2.24, 2.45) is 11.8 Å². The van der Waals surface area contributed by atoms with Crippen LogP contribution >= 0.6 is 11.6 Å². The summed E-state index contributed by atoms with van der Waals surface area (Å²) < 4.78 is 24.2. The molecule has 4 atom stereocenters. The van der Waals surface area contributed by atoms with Crippen molar-refractivity contribution in [2.45, 2.75) is 50.5 Å². The van der Waals surface area contributed by atoms with Crippen molar-refractivity contribution in [3.8, 4) is 5.75 Å².